The van der Waals surface area contributed by atoms with Crippen LogP contribution in [0.5, 0.6) is 0 Å². The molecule has 0 spiro atoms. The summed E-state index contributed by atoms with van der Waals surface area (Å²) < 4.78 is 35.1. The average Bonchev–Trinajstić information content (AvgIpc) is 2.71. The predicted molar refractivity (Wildman–Crippen MR) is 116 cm³/mol. The number of ether oxygens (including phenoxy) is 1. The number of unbranched alkanes of at least 4 members (excludes halogenated alkanes) is 3. The van der Waals surface area contributed by atoms with E-state index in [-0.39, 0.29) is 6.10 Å². The summed E-state index contributed by atoms with van der Waals surface area (Å²) in [5, 5.41) is 0. The van der Waals surface area contributed by atoms with E-state index in [9.17, 15) is 8.42 Å². The second-order valence-electron chi connectivity index (χ2n) is 7.38. The number of piperidine rings is 1. The molecule has 1 aromatic rings. The SMILES string of the molecule is CCN(CC)CCCCCCOC1CCN(S(=O)(=O)Nc2ccccc2)CC1. The highest BCUT2D eigenvalue weighted by atomic mass is 32.2. The van der Waals surface area contributed by atoms with Crippen molar-refractivity contribution >= 4 is 15.9 Å². The van der Waals surface area contributed by atoms with Crippen LogP contribution in [0.1, 0.15) is 52.4 Å². The lowest BCUT2D eigenvalue weighted by Gasteiger charge is -2.31. The quantitative estimate of drug-likeness (QED) is 0.503. The van der Waals surface area contributed by atoms with Crippen molar-refractivity contribution in [3.8, 4) is 0 Å². The van der Waals surface area contributed by atoms with Crippen LogP contribution in [0.2, 0.25) is 0 Å². The molecule has 1 heterocycles. The number of para-hydroxylation sites is 1. The van der Waals surface area contributed by atoms with Gasteiger partial charge in [0.15, 0.2) is 0 Å². The zero-order chi connectivity index (χ0) is 20.2. The van der Waals surface area contributed by atoms with E-state index in [1.54, 1.807) is 12.1 Å². The van der Waals surface area contributed by atoms with Gasteiger partial charge in [0.2, 0.25) is 0 Å². The second kappa shape index (κ2) is 12.4. The first-order valence-electron chi connectivity index (χ1n) is 10.7. The topological polar surface area (TPSA) is 61.9 Å². The van der Waals surface area contributed by atoms with Gasteiger partial charge in [0.05, 0.1) is 6.10 Å². The van der Waals surface area contributed by atoms with E-state index in [2.05, 4.69) is 23.5 Å². The van der Waals surface area contributed by atoms with Crippen molar-refractivity contribution < 1.29 is 13.2 Å². The summed E-state index contributed by atoms with van der Waals surface area (Å²) >= 11 is 0. The smallest absolute Gasteiger partial charge is 0.301 e. The van der Waals surface area contributed by atoms with Crippen LogP contribution in [-0.2, 0) is 14.9 Å². The molecular weight excluding hydrogens is 374 g/mol. The van der Waals surface area contributed by atoms with Gasteiger partial charge in [-0.15, -0.1) is 0 Å². The highest BCUT2D eigenvalue weighted by Gasteiger charge is 2.28. The lowest BCUT2D eigenvalue weighted by Crippen LogP contribution is -2.43. The highest BCUT2D eigenvalue weighted by Crippen LogP contribution is 2.19. The fourth-order valence-electron chi connectivity index (χ4n) is 3.54. The molecule has 1 aliphatic heterocycles. The number of hydrogen-bond donors (Lipinski definition) is 1. The van der Waals surface area contributed by atoms with Gasteiger partial charge in [-0.3, -0.25) is 4.72 Å². The molecule has 0 unspecified atom stereocenters. The van der Waals surface area contributed by atoms with Crippen molar-refractivity contribution in [2.75, 3.05) is 44.1 Å². The van der Waals surface area contributed by atoms with Crippen LogP contribution < -0.4 is 4.72 Å². The molecule has 160 valence electrons. The van der Waals surface area contributed by atoms with Gasteiger partial charge in [0.25, 0.3) is 0 Å². The van der Waals surface area contributed by atoms with Gasteiger partial charge in [-0.25, -0.2) is 0 Å². The maximum absolute atomic E-state index is 12.5. The minimum atomic E-state index is -3.48. The summed E-state index contributed by atoms with van der Waals surface area (Å²) in [6, 6.07) is 9.03. The van der Waals surface area contributed by atoms with Gasteiger partial charge < -0.3 is 9.64 Å². The van der Waals surface area contributed by atoms with E-state index in [0.29, 0.717) is 18.8 Å². The number of hydrogen-bond acceptors (Lipinski definition) is 4. The molecule has 0 saturated carbocycles. The van der Waals surface area contributed by atoms with E-state index in [0.717, 1.165) is 39.0 Å². The summed E-state index contributed by atoms with van der Waals surface area (Å²) in [6.45, 7) is 9.69. The van der Waals surface area contributed by atoms with Gasteiger partial charge >= 0.3 is 10.2 Å². The van der Waals surface area contributed by atoms with Crippen LogP contribution >= 0.6 is 0 Å². The van der Waals surface area contributed by atoms with E-state index in [1.807, 2.05) is 18.2 Å². The molecule has 0 bridgehead atoms. The minimum absolute atomic E-state index is 0.179. The van der Waals surface area contributed by atoms with Crippen LogP contribution in [0.3, 0.4) is 0 Å². The number of nitrogens with one attached hydrogen (secondary N) is 1. The van der Waals surface area contributed by atoms with Gasteiger partial charge in [-0.05, 0) is 57.5 Å². The van der Waals surface area contributed by atoms with Crippen molar-refractivity contribution in [3.63, 3.8) is 0 Å². The molecule has 1 aliphatic rings. The molecule has 1 fully saturated rings. The molecule has 0 aromatic heterocycles. The van der Waals surface area contributed by atoms with Gasteiger partial charge in [0.1, 0.15) is 0 Å². The Labute approximate surface area is 171 Å². The van der Waals surface area contributed by atoms with Gasteiger partial charge in [-0.1, -0.05) is 44.9 Å². The van der Waals surface area contributed by atoms with E-state index in [1.165, 1.54) is 30.1 Å². The van der Waals surface area contributed by atoms with Gasteiger partial charge in [0, 0.05) is 25.4 Å². The maximum Gasteiger partial charge on any atom is 0.301 e. The molecule has 0 aliphatic carbocycles. The van der Waals surface area contributed by atoms with E-state index < -0.39 is 10.2 Å². The summed E-state index contributed by atoms with van der Waals surface area (Å²) in [5.41, 5.74) is 0.599. The van der Waals surface area contributed by atoms with Crippen molar-refractivity contribution in [1.82, 2.24) is 9.21 Å². The zero-order valence-corrected chi connectivity index (χ0v) is 18.3. The molecule has 2 rings (SSSR count). The molecule has 0 amide bonds. The monoisotopic (exact) mass is 411 g/mol. The molecule has 1 aromatic carbocycles. The largest absolute Gasteiger partial charge is 0.378 e. The van der Waals surface area contributed by atoms with Crippen molar-refractivity contribution in [2.45, 2.75) is 58.5 Å². The number of nitrogens with zero attached hydrogens (tertiary/aromatic N) is 2. The third-order valence-corrected chi connectivity index (χ3v) is 6.92. The first-order chi connectivity index (χ1) is 13.5. The van der Waals surface area contributed by atoms with E-state index >= 15 is 0 Å². The number of anilines is 1. The standard InChI is InChI=1S/C21H37N3O3S/c1-3-23(4-2)16-10-5-6-11-19-27-21-14-17-24(18-15-21)28(25,26)22-20-12-8-7-9-13-20/h7-9,12-13,21-22H,3-6,10-11,14-19H2,1-2H3. The van der Waals surface area contributed by atoms with Crippen molar-refractivity contribution in [1.29, 1.82) is 0 Å². The fourth-order valence-corrected chi connectivity index (χ4v) is 4.79. The van der Waals surface area contributed by atoms with Crippen LogP contribution in [0, 0.1) is 0 Å². The lowest BCUT2D eigenvalue weighted by atomic mass is 10.1. The normalized spacial score (nSPS) is 16.5. The van der Waals surface area contributed by atoms with Crippen LogP contribution in [0.4, 0.5) is 5.69 Å². The Bertz CT molecular complexity index is 628. The molecule has 0 atom stereocenters. The Balaban J connectivity index is 1.57. The van der Waals surface area contributed by atoms with Crippen LogP contribution in [0.15, 0.2) is 30.3 Å². The maximum atomic E-state index is 12.5. The van der Waals surface area contributed by atoms with Crippen molar-refractivity contribution in [3.05, 3.63) is 30.3 Å². The molecule has 0 radical (unpaired) electrons. The number of benzene rings is 1. The molecule has 1 saturated heterocycles. The first-order valence-corrected chi connectivity index (χ1v) is 12.2. The summed E-state index contributed by atoms with van der Waals surface area (Å²) in [6.07, 6.45) is 6.50. The second-order valence-corrected chi connectivity index (χ2v) is 9.05. The predicted octanol–water partition coefficient (Wildman–Crippen LogP) is 3.73. The molecule has 6 nitrogen and oxygen atoms in total. The summed E-state index contributed by atoms with van der Waals surface area (Å²) in [4.78, 5) is 2.46. The minimum Gasteiger partial charge on any atom is -0.378 e. The average molecular weight is 412 g/mol. The highest BCUT2D eigenvalue weighted by molar-refractivity contribution is 7.90. The van der Waals surface area contributed by atoms with Crippen LogP contribution in [0.25, 0.3) is 0 Å². The number of rotatable bonds is 13. The Morgan fingerprint density at radius 1 is 1.04 bits per heavy atom. The summed E-state index contributed by atoms with van der Waals surface area (Å²) in [7, 11) is -3.48. The summed E-state index contributed by atoms with van der Waals surface area (Å²) in [5.74, 6) is 0. The zero-order valence-electron chi connectivity index (χ0n) is 17.5. The third kappa shape index (κ3) is 8.07. The Morgan fingerprint density at radius 3 is 2.32 bits per heavy atom. The molecule has 28 heavy (non-hydrogen) atoms. The molecule has 7 heteroatoms. The Hall–Kier alpha value is -1.15. The van der Waals surface area contributed by atoms with Crippen molar-refractivity contribution in [2.24, 2.45) is 0 Å². The Morgan fingerprint density at radius 2 is 1.68 bits per heavy atom. The Kier molecular flexibility index (Phi) is 10.3. The first kappa shape index (κ1) is 23.1. The third-order valence-electron chi connectivity index (χ3n) is 5.38. The van der Waals surface area contributed by atoms with Crippen LogP contribution in [-0.4, -0.2) is 63.1 Å². The van der Waals surface area contributed by atoms with Gasteiger partial charge in [-0.2, -0.15) is 12.7 Å². The molecular formula is C21H37N3O3S. The van der Waals surface area contributed by atoms with E-state index in [4.69, 9.17) is 4.74 Å². The lowest BCUT2D eigenvalue weighted by molar-refractivity contribution is 0.0193. The molecule has 1 N–H and O–H groups in total. The fraction of sp³-hybridized carbons (Fsp3) is 0.714.